The van der Waals surface area contributed by atoms with E-state index in [0.717, 1.165) is 30.2 Å². The van der Waals surface area contributed by atoms with Gasteiger partial charge < -0.3 is 23.5 Å². The highest BCUT2D eigenvalue weighted by Crippen LogP contribution is 2.14. The highest BCUT2D eigenvalue weighted by atomic mass is 35.5. The van der Waals surface area contributed by atoms with Gasteiger partial charge in [-0.3, -0.25) is 5.73 Å². The standard InChI is InChI=1S/C10H18N4.ClH/c1-3-13-9-5-10(12)14(4-2)7-8(9)6-11;/h5,7H,3-4,6,11H2,1-2H3,(H2,12,13);1H. The summed E-state index contributed by atoms with van der Waals surface area (Å²) in [5.41, 5.74) is 13.7. The summed E-state index contributed by atoms with van der Waals surface area (Å²) in [5.74, 6) is 0.764. The molecule has 0 spiro atoms. The van der Waals surface area contributed by atoms with Crippen LogP contribution in [0.1, 0.15) is 19.4 Å². The number of aryl methyl sites for hydroxylation is 1. The van der Waals surface area contributed by atoms with Gasteiger partial charge in [-0.1, -0.05) is 0 Å². The molecule has 86 valence electrons. The van der Waals surface area contributed by atoms with Crippen LogP contribution in [0.2, 0.25) is 0 Å². The van der Waals surface area contributed by atoms with E-state index in [9.17, 15) is 0 Å². The lowest BCUT2D eigenvalue weighted by Crippen LogP contribution is -3.00. The van der Waals surface area contributed by atoms with Crippen molar-refractivity contribution >= 4 is 11.5 Å². The van der Waals surface area contributed by atoms with Gasteiger partial charge in [0.05, 0.1) is 24.5 Å². The van der Waals surface area contributed by atoms with E-state index in [0.29, 0.717) is 6.54 Å². The van der Waals surface area contributed by atoms with Gasteiger partial charge in [-0.25, -0.2) is 4.57 Å². The van der Waals surface area contributed by atoms with E-state index in [-0.39, 0.29) is 12.4 Å². The van der Waals surface area contributed by atoms with Crippen molar-refractivity contribution in [2.24, 2.45) is 5.73 Å². The Morgan fingerprint density at radius 3 is 2.53 bits per heavy atom. The van der Waals surface area contributed by atoms with Crippen LogP contribution in [0.3, 0.4) is 0 Å². The average molecular weight is 231 g/mol. The first-order chi connectivity index (χ1) is 6.72. The van der Waals surface area contributed by atoms with E-state index < -0.39 is 0 Å². The van der Waals surface area contributed by atoms with Crippen LogP contribution in [0.4, 0.5) is 11.5 Å². The van der Waals surface area contributed by atoms with Crippen molar-refractivity contribution < 1.29 is 17.0 Å². The quantitative estimate of drug-likeness (QED) is 0.500. The monoisotopic (exact) mass is 230 g/mol. The van der Waals surface area contributed by atoms with Gasteiger partial charge in [0.1, 0.15) is 0 Å². The lowest BCUT2D eigenvalue weighted by atomic mass is 10.2. The molecular formula is C10H19ClN4. The SMILES string of the molecule is CCNc1cc(N)[n+](CC)cc1CN.[Cl-]. The molecule has 0 fully saturated rings. The smallest absolute Gasteiger partial charge is 0.274 e. The minimum atomic E-state index is 0. The van der Waals surface area contributed by atoms with Crippen LogP contribution in [-0.2, 0) is 13.1 Å². The zero-order valence-corrected chi connectivity index (χ0v) is 10.0. The minimum Gasteiger partial charge on any atom is -1.00 e. The maximum Gasteiger partial charge on any atom is 0.274 e. The molecule has 15 heavy (non-hydrogen) atoms. The molecule has 0 aliphatic heterocycles. The first-order valence-electron chi connectivity index (χ1n) is 4.98. The third-order valence-electron chi connectivity index (χ3n) is 2.21. The Morgan fingerprint density at radius 1 is 1.40 bits per heavy atom. The van der Waals surface area contributed by atoms with Gasteiger partial charge in [0.2, 0.25) is 0 Å². The first-order valence-corrected chi connectivity index (χ1v) is 4.98. The van der Waals surface area contributed by atoms with Crippen molar-refractivity contribution in [1.29, 1.82) is 0 Å². The number of pyridine rings is 1. The van der Waals surface area contributed by atoms with Crippen molar-refractivity contribution in [2.75, 3.05) is 17.6 Å². The summed E-state index contributed by atoms with van der Waals surface area (Å²) in [6.45, 7) is 6.39. The van der Waals surface area contributed by atoms with E-state index >= 15 is 0 Å². The van der Waals surface area contributed by atoms with Gasteiger partial charge >= 0.3 is 0 Å². The Hall–Kier alpha value is -1.00. The van der Waals surface area contributed by atoms with E-state index in [1.165, 1.54) is 0 Å². The second-order valence-electron chi connectivity index (χ2n) is 3.16. The third kappa shape index (κ3) is 3.25. The lowest BCUT2D eigenvalue weighted by Gasteiger charge is -2.10. The van der Waals surface area contributed by atoms with E-state index in [1.807, 2.05) is 16.8 Å². The van der Waals surface area contributed by atoms with Gasteiger partial charge in [0, 0.05) is 18.7 Å². The number of rotatable bonds is 4. The molecular weight excluding hydrogens is 212 g/mol. The van der Waals surface area contributed by atoms with Crippen LogP contribution in [0.15, 0.2) is 12.3 Å². The van der Waals surface area contributed by atoms with Crippen LogP contribution >= 0.6 is 0 Å². The number of halogens is 1. The number of nitrogens with one attached hydrogen (secondary N) is 1. The number of anilines is 2. The molecule has 0 radical (unpaired) electrons. The van der Waals surface area contributed by atoms with Gasteiger partial charge in [0.15, 0.2) is 0 Å². The maximum atomic E-state index is 5.87. The fourth-order valence-corrected chi connectivity index (χ4v) is 1.45. The molecule has 1 aromatic rings. The zero-order valence-electron chi connectivity index (χ0n) is 9.26. The van der Waals surface area contributed by atoms with Crippen LogP contribution in [0.25, 0.3) is 0 Å². The van der Waals surface area contributed by atoms with E-state index in [4.69, 9.17) is 11.5 Å². The van der Waals surface area contributed by atoms with E-state index in [1.54, 1.807) is 0 Å². The number of aromatic nitrogens is 1. The number of hydrogen-bond donors (Lipinski definition) is 3. The number of nitrogens with zero attached hydrogens (tertiary/aromatic N) is 1. The van der Waals surface area contributed by atoms with Crippen LogP contribution < -0.4 is 33.8 Å². The molecule has 0 aromatic carbocycles. The second-order valence-corrected chi connectivity index (χ2v) is 3.16. The summed E-state index contributed by atoms with van der Waals surface area (Å²) in [6, 6.07) is 1.94. The van der Waals surface area contributed by atoms with E-state index in [2.05, 4.69) is 19.2 Å². The summed E-state index contributed by atoms with van der Waals surface area (Å²) in [7, 11) is 0. The Balaban J connectivity index is 0.00000196. The van der Waals surface area contributed by atoms with Crippen LogP contribution in [0, 0.1) is 0 Å². The van der Waals surface area contributed by atoms with Crippen molar-refractivity contribution in [2.45, 2.75) is 26.9 Å². The Morgan fingerprint density at radius 2 is 2.07 bits per heavy atom. The normalized spacial score (nSPS) is 9.53. The minimum absolute atomic E-state index is 0. The van der Waals surface area contributed by atoms with Crippen LogP contribution in [0.5, 0.6) is 0 Å². The van der Waals surface area contributed by atoms with Gasteiger partial charge in [-0.2, -0.15) is 0 Å². The molecule has 0 atom stereocenters. The summed E-state index contributed by atoms with van der Waals surface area (Å²) < 4.78 is 1.99. The van der Waals surface area contributed by atoms with Gasteiger partial charge in [-0.05, 0) is 13.8 Å². The average Bonchev–Trinajstić information content (AvgIpc) is 2.19. The fourth-order valence-electron chi connectivity index (χ4n) is 1.45. The second kappa shape index (κ2) is 6.48. The summed E-state index contributed by atoms with van der Waals surface area (Å²) in [4.78, 5) is 0. The fraction of sp³-hybridized carbons (Fsp3) is 0.500. The maximum absolute atomic E-state index is 5.87. The molecule has 0 aliphatic carbocycles. The topological polar surface area (TPSA) is 68.0 Å². The van der Waals surface area contributed by atoms with Crippen molar-refractivity contribution in [3.8, 4) is 0 Å². The predicted octanol–water partition coefficient (Wildman–Crippen LogP) is -2.53. The molecule has 0 unspecified atom stereocenters. The molecule has 0 saturated heterocycles. The zero-order chi connectivity index (χ0) is 10.6. The lowest BCUT2D eigenvalue weighted by molar-refractivity contribution is -0.679. The molecule has 5 N–H and O–H groups in total. The largest absolute Gasteiger partial charge is 1.00 e. The molecule has 1 heterocycles. The highest BCUT2D eigenvalue weighted by Gasteiger charge is 2.08. The number of nitrogen functional groups attached to an aromatic ring is 1. The summed E-state index contributed by atoms with van der Waals surface area (Å²) >= 11 is 0. The highest BCUT2D eigenvalue weighted by molar-refractivity contribution is 5.53. The molecule has 1 rings (SSSR count). The Kier molecular flexibility index (Phi) is 6.05. The molecule has 0 aliphatic rings. The predicted molar refractivity (Wildman–Crippen MR) is 58.8 cm³/mol. The molecule has 5 heteroatoms. The van der Waals surface area contributed by atoms with Gasteiger partial charge in [0.25, 0.3) is 5.82 Å². The van der Waals surface area contributed by atoms with Crippen LogP contribution in [-0.4, -0.2) is 6.54 Å². The molecule has 0 saturated carbocycles. The first kappa shape index (κ1) is 14.0. The molecule has 0 amide bonds. The Labute approximate surface area is 97.1 Å². The Bertz CT molecular complexity index is 315. The number of hydrogen-bond acceptors (Lipinski definition) is 3. The van der Waals surface area contributed by atoms with Crippen molar-refractivity contribution in [3.63, 3.8) is 0 Å². The third-order valence-corrected chi connectivity index (χ3v) is 2.21. The summed E-state index contributed by atoms with van der Waals surface area (Å²) in [5, 5.41) is 3.25. The molecule has 1 aromatic heterocycles. The number of nitrogens with two attached hydrogens (primary N) is 2. The molecule has 0 bridgehead atoms. The van der Waals surface area contributed by atoms with Crippen molar-refractivity contribution in [1.82, 2.24) is 0 Å². The van der Waals surface area contributed by atoms with Gasteiger partial charge in [-0.15, -0.1) is 0 Å². The molecule has 4 nitrogen and oxygen atoms in total. The summed E-state index contributed by atoms with van der Waals surface area (Å²) in [6.07, 6.45) is 2.01. The van der Waals surface area contributed by atoms with Crippen molar-refractivity contribution in [3.05, 3.63) is 17.8 Å².